The molecule has 2 aromatic rings. The minimum absolute atomic E-state index is 0. The number of benzene rings is 2. The molecule has 1 fully saturated rings. The summed E-state index contributed by atoms with van der Waals surface area (Å²) in [5, 5.41) is 1.67. The fourth-order valence-electron chi connectivity index (χ4n) is 3.81. The van der Waals surface area contributed by atoms with Gasteiger partial charge in [-0.25, -0.2) is 0 Å². The zero-order valence-corrected chi connectivity index (χ0v) is 18.3. The Bertz CT molecular complexity index is 735. The Morgan fingerprint density at radius 1 is 0.963 bits per heavy atom. The van der Waals surface area contributed by atoms with E-state index in [1.54, 1.807) is 0 Å². The number of halogens is 3. The second kappa shape index (κ2) is 10.7. The molecule has 0 N–H and O–H groups in total. The average molecular weight is 429 g/mol. The van der Waals surface area contributed by atoms with Crippen molar-refractivity contribution in [1.82, 2.24) is 4.90 Å². The monoisotopic (exact) mass is 427 g/mol. The van der Waals surface area contributed by atoms with Crippen LogP contribution in [0.2, 0.25) is 10.0 Å². The Balaban J connectivity index is 0.00000261. The Morgan fingerprint density at radius 3 is 2.41 bits per heavy atom. The molecule has 0 heterocycles. The van der Waals surface area contributed by atoms with Gasteiger partial charge in [-0.3, -0.25) is 0 Å². The first-order chi connectivity index (χ1) is 12.6. The van der Waals surface area contributed by atoms with Crippen LogP contribution in [-0.4, -0.2) is 25.1 Å². The summed E-state index contributed by atoms with van der Waals surface area (Å²) >= 11 is 13.1. The van der Waals surface area contributed by atoms with Crippen molar-refractivity contribution in [3.63, 3.8) is 0 Å². The van der Waals surface area contributed by atoms with Crippen LogP contribution in [0.4, 0.5) is 0 Å². The van der Waals surface area contributed by atoms with E-state index in [-0.39, 0.29) is 18.5 Å². The molecule has 27 heavy (non-hydrogen) atoms. The second-order valence-electron chi connectivity index (χ2n) is 7.39. The molecule has 0 bridgehead atoms. The van der Waals surface area contributed by atoms with Gasteiger partial charge in [0.15, 0.2) is 0 Å². The summed E-state index contributed by atoms with van der Waals surface area (Å²) in [6, 6.07) is 14.3. The van der Waals surface area contributed by atoms with E-state index in [0.29, 0.717) is 12.5 Å². The first-order valence-corrected chi connectivity index (χ1v) is 10.1. The van der Waals surface area contributed by atoms with E-state index in [4.69, 9.17) is 27.9 Å². The standard InChI is InChI=1S/C22H27Cl2NO.ClH/c1-25(2)14-16-9-7-11-19(22(16)24)18-10-4-6-13-21(18)26-15-17-8-3-5-12-20(17)23;/h3,5,7-9,11-12,18,21H,4,6,10,13-15H2,1-2H3;1H. The molecule has 1 saturated carbocycles. The molecule has 0 amide bonds. The molecule has 0 aromatic heterocycles. The highest BCUT2D eigenvalue weighted by Gasteiger charge is 2.29. The van der Waals surface area contributed by atoms with Gasteiger partial charge in [0.1, 0.15) is 0 Å². The highest BCUT2D eigenvalue weighted by Crippen LogP contribution is 2.40. The Morgan fingerprint density at radius 2 is 1.67 bits per heavy atom. The average Bonchev–Trinajstić information content (AvgIpc) is 2.63. The summed E-state index contributed by atoms with van der Waals surface area (Å²) < 4.78 is 6.34. The van der Waals surface area contributed by atoms with Gasteiger partial charge in [0.25, 0.3) is 0 Å². The number of rotatable bonds is 6. The lowest BCUT2D eigenvalue weighted by Crippen LogP contribution is -2.26. The third kappa shape index (κ3) is 5.85. The molecule has 0 saturated heterocycles. The summed E-state index contributed by atoms with van der Waals surface area (Å²) in [6.45, 7) is 1.40. The van der Waals surface area contributed by atoms with Crippen LogP contribution < -0.4 is 0 Å². The van der Waals surface area contributed by atoms with Crippen LogP contribution in [-0.2, 0) is 17.9 Å². The fraction of sp³-hybridized carbons (Fsp3) is 0.455. The Kier molecular flexibility index (Phi) is 8.91. The fourth-order valence-corrected chi connectivity index (χ4v) is 4.33. The molecule has 2 nitrogen and oxygen atoms in total. The van der Waals surface area contributed by atoms with Gasteiger partial charge in [-0.15, -0.1) is 12.4 Å². The zero-order chi connectivity index (χ0) is 18.5. The smallest absolute Gasteiger partial charge is 0.0735 e. The van der Waals surface area contributed by atoms with E-state index in [1.807, 2.05) is 24.3 Å². The van der Waals surface area contributed by atoms with Crippen LogP contribution in [0, 0.1) is 0 Å². The summed E-state index contributed by atoms with van der Waals surface area (Å²) in [5.41, 5.74) is 3.46. The van der Waals surface area contributed by atoms with Crippen LogP contribution in [0.15, 0.2) is 42.5 Å². The molecule has 5 heteroatoms. The molecule has 148 valence electrons. The largest absolute Gasteiger partial charge is 0.373 e. The molecule has 0 radical (unpaired) electrons. The molecule has 1 aliphatic rings. The van der Waals surface area contributed by atoms with E-state index < -0.39 is 0 Å². The van der Waals surface area contributed by atoms with Gasteiger partial charge in [-0.1, -0.05) is 72.4 Å². The summed E-state index contributed by atoms with van der Waals surface area (Å²) in [6.07, 6.45) is 4.82. The molecular formula is C22H28Cl3NO. The molecular weight excluding hydrogens is 401 g/mol. The SMILES string of the molecule is CN(C)Cc1cccc(C2CCCCC2OCc2ccccc2Cl)c1Cl.Cl. The highest BCUT2D eigenvalue weighted by molar-refractivity contribution is 6.32. The van der Waals surface area contributed by atoms with Gasteiger partial charge in [0.05, 0.1) is 12.7 Å². The maximum atomic E-state index is 6.79. The van der Waals surface area contributed by atoms with Gasteiger partial charge < -0.3 is 9.64 Å². The molecule has 2 atom stereocenters. The third-order valence-electron chi connectivity index (χ3n) is 5.11. The first-order valence-electron chi connectivity index (χ1n) is 9.33. The van der Waals surface area contributed by atoms with Crippen LogP contribution in [0.25, 0.3) is 0 Å². The van der Waals surface area contributed by atoms with Crippen LogP contribution >= 0.6 is 35.6 Å². The van der Waals surface area contributed by atoms with Crippen molar-refractivity contribution in [2.75, 3.05) is 14.1 Å². The number of hydrogen-bond donors (Lipinski definition) is 0. The van der Waals surface area contributed by atoms with Crippen LogP contribution in [0.3, 0.4) is 0 Å². The topological polar surface area (TPSA) is 12.5 Å². The van der Waals surface area contributed by atoms with Gasteiger partial charge in [-0.05, 0) is 49.7 Å². The molecule has 0 spiro atoms. The lowest BCUT2D eigenvalue weighted by Gasteiger charge is -2.33. The van der Waals surface area contributed by atoms with Crippen molar-refractivity contribution < 1.29 is 4.74 Å². The van der Waals surface area contributed by atoms with E-state index in [2.05, 4.69) is 37.2 Å². The Hall–Kier alpha value is -0.770. The zero-order valence-electron chi connectivity index (χ0n) is 16.0. The molecule has 2 aromatic carbocycles. The summed E-state index contributed by atoms with van der Waals surface area (Å²) in [7, 11) is 4.14. The summed E-state index contributed by atoms with van der Waals surface area (Å²) in [4.78, 5) is 2.15. The van der Waals surface area contributed by atoms with Gasteiger partial charge in [0.2, 0.25) is 0 Å². The van der Waals surface area contributed by atoms with Gasteiger partial charge >= 0.3 is 0 Å². The van der Waals surface area contributed by atoms with Gasteiger partial charge in [0, 0.05) is 22.5 Å². The summed E-state index contributed by atoms with van der Waals surface area (Å²) in [5.74, 6) is 0.348. The molecule has 1 aliphatic carbocycles. The number of hydrogen-bond acceptors (Lipinski definition) is 2. The molecule has 3 rings (SSSR count). The van der Waals surface area contributed by atoms with E-state index in [1.165, 1.54) is 24.0 Å². The lowest BCUT2D eigenvalue weighted by atomic mass is 9.81. The third-order valence-corrected chi connectivity index (χ3v) is 5.94. The minimum Gasteiger partial charge on any atom is -0.373 e. The highest BCUT2D eigenvalue weighted by atomic mass is 35.5. The second-order valence-corrected chi connectivity index (χ2v) is 8.18. The normalized spacial score (nSPS) is 19.7. The van der Waals surface area contributed by atoms with Crippen molar-refractivity contribution in [2.45, 2.75) is 50.9 Å². The number of nitrogens with zero attached hydrogens (tertiary/aromatic N) is 1. The maximum absolute atomic E-state index is 6.79. The predicted octanol–water partition coefficient (Wildman–Crippen LogP) is 6.72. The molecule has 0 aliphatic heterocycles. The van der Waals surface area contributed by atoms with Crippen molar-refractivity contribution in [2.24, 2.45) is 0 Å². The Labute approximate surface area is 179 Å². The van der Waals surface area contributed by atoms with Crippen molar-refractivity contribution in [1.29, 1.82) is 0 Å². The van der Waals surface area contributed by atoms with Crippen LogP contribution in [0.1, 0.15) is 48.3 Å². The van der Waals surface area contributed by atoms with E-state index in [9.17, 15) is 0 Å². The van der Waals surface area contributed by atoms with Crippen molar-refractivity contribution in [3.05, 3.63) is 69.2 Å². The quantitative estimate of drug-likeness (QED) is 0.506. The van der Waals surface area contributed by atoms with E-state index in [0.717, 1.165) is 35.0 Å². The first kappa shape index (κ1) is 22.5. The maximum Gasteiger partial charge on any atom is 0.0735 e. The minimum atomic E-state index is 0. The predicted molar refractivity (Wildman–Crippen MR) is 117 cm³/mol. The lowest BCUT2D eigenvalue weighted by molar-refractivity contribution is 0.00202. The van der Waals surface area contributed by atoms with E-state index >= 15 is 0 Å². The van der Waals surface area contributed by atoms with Crippen molar-refractivity contribution >= 4 is 35.6 Å². The van der Waals surface area contributed by atoms with Crippen LogP contribution in [0.5, 0.6) is 0 Å². The molecule has 2 unspecified atom stereocenters. The van der Waals surface area contributed by atoms with Crippen molar-refractivity contribution in [3.8, 4) is 0 Å². The number of ether oxygens (including phenoxy) is 1. The van der Waals surface area contributed by atoms with Gasteiger partial charge in [-0.2, -0.15) is 0 Å².